The minimum atomic E-state index is -0.0193. The van der Waals surface area contributed by atoms with Crippen LogP contribution in [0, 0.1) is 5.92 Å². The van der Waals surface area contributed by atoms with Gasteiger partial charge in [0.25, 0.3) is 0 Å². The van der Waals surface area contributed by atoms with Crippen molar-refractivity contribution in [3.05, 3.63) is 0 Å². The van der Waals surface area contributed by atoms with Gasteiger partial charge in [0.15, 0.2) is 0 Å². The molecule has 0 radical (unpaired) electrons. The SMILES string of the molecule is CCNC(=O)N1CCC(NC(=O)CC2CC3CCC(C2)N3)C1. The molecule has 3 heterocycles. The molecule has 3 aliphatic heterocycles. The Kier molecular flexibility index (Phi) is 4.86. The number of carbonyl (C=O) groups excluding carboxylic acids is 2. The molecule has 0 aromatic heterocycles. The second-order valence-corrected chi connectivity index (χ2v) is 7.01. The van der Waals surface area contributed by atoms with E-state index in [1.54, 1.807) is 4.90 Å². The fraction of sp³-hybridized carbons (Fsp3) is 0.875. The van der Waals surface area contributed by atoms with Gasteiger partial charge in [-0.3, -0.25) is 4.79 Å². The maximum absolute atomic E-state index is 12.3. The molecule has 0 spiro atoms. The van der Waals surface area contributed by atoms with Gasteiger partial charge in [0.05, 0.1) is 0 Å². The number of nitrogens with zero attached hydrogens (tertiary/aromatic N) is 1. The zero-order valence-corrected chi connectivity index (χ0v) is 13.4. The van der Waals surface area contributed by atoms with Crippen molar-refractivity contribution in [2.45, 2.75) is 63.6 Å². The van der Waals surface area contributed by atoms with Gasteiger partial charge in [-0.25, -0.2) is 4.79 Å². The average molecular weight is 308 g/mol. The Bertz CT molecular complexity index is 416. The summed E-state index contributed by atoms with van der Waals surface area (Å²) in [7, 11) is 0. The summed E-state index contributed by atoms with van der Waals surface area (Å²) in [5, 5.41) is 9.55. The van der Waals surface area contributed by atoms with Gasteiger partial charge in [-0.15, -0.1) is 0 Å². The summed E-state index contributed by atoms with van der Waals surface area (Å²) in [6.07, 6.45) is 6.33. The number of piperidine rings is 1. The number of carbonyl (C=O) groups is 2. The third kappa shape index (κ3) is 3.72. The van der Waals surface area contributed by atoms with Crippen molar-refractivity contribution in [3.8, 4) is 0 Å². The van der Waals surface area contributed by atoms with E-state index < -0.39 is 0 Å². The molecule has 3 N–H and O–H groups in total. The molecule has 0 aromatic carbocycles. The van der Waals surface area contributed by atoms with Crippen molar-refractivity contribution in [1.82, 2.24) is 20.9 Å². The van der Waals surface area contributed by atoms with Crippen LogP contribution < -0.4 is 16.0 Å². The first-order valence-electron chi connectivity index (χ1n) is 8.72. The molecule has 0 saturated carbocycles. The number of likely N-dealkylation sites (tertiary alicyclic amines) is 1. The van der Waals surface area contributed by atoms with E-state index in [-0.39, 0.29) is 18.0 Å². The van der Waals surface area contributed by atoms with Crippen LogP contribution in [0.15, 0.2) is 0 Å². The van der Waals surface area contributed by atoms with E-state index in [1.807, 2.05) is 6.92 Å². The van der Waals surface area contributed by atoms with Crippen molar-refractivity contribution in [1.29, 1.82) is 0 Å². The molecule has 0 aliphatic carbocycles. The Morgan fingerprint density at radius 3 is 2.59 bits per heavy atom. The molecule has 3 rings (SSSR count). The van der Waals surface area contributed by atoms with Crippen molar-refractivity contribution in [2.24, 2.45) is 5.92 Å². The van der Waals surface area contributed by atoms with Gasteiger partial charge in [0.1, 0.15) is 0 Å². The lowest BCUT2D eigenvalue weighted by Crippen LogP contribution is -2.43. The fourth-order valence-electron chi connectivity index (χ4n) is 4.22. The first kappa shape index (κ1) is 15.6. The lowest BCUT2D eigenvalue weighted by molar-refractivity contribution is -0.122. The number of fused-ring (bicyclic) bond motifs is 2. The number of amides is 3. The maximum atomic E-state index is 12.3. The standard InChI is InChI=1S/C16H28N4O2/c1-2-17-16(22)20-6-5-14(10-20)19-15(21)9-11-7-12-3-4-13(8-11)18-12/h11-14,18H,2-10H2,1H3,(H,17,22)(H,19,21). The van der Waals surface area contributed by atoms with Crippen LogP contribution in [0.3, 0.4) is 0 Å². The molecule has 6 nitrogen and oxygen atoms in total. The topological polar surface area (TPSA) is 73.5 Å². The van der Waals surface area contributed by atoms with E-state index in [2.05, 4.69) is 16.0 Å². The van der Waals surface area contributed by atoms with Gasteiger partial charge in [0, 0.05) is 44.2 Å². The lowest BCUT2D eigenvalue weighted by atomic mass is 9.89. The number of hydrogen-bond acceptors (Lipinski definition) is 3. The minimum Gasteiger partial charge on any atom is -0.352 e. The summed E-state index contributed by atoms with van der Waals surface area (Å²) in [6.45, 7) is 3.92. The van der Waals surface area contributed by atoms with Gasteiger partial charge in [0.2, 0.25) is 5.91 Å². The average Bonchev–Trinajstić information content (AvgIpc) is 3.06. The second kappa shape index (κ2) is 6.86. The highest BCUT2D eigenvalue weighted by atomic mass is 16.2. The molecule has 124 valence electrons. The van der Waals surface area contributed by atoms with Crippen LogP contribution in [0.25, 0.3) is 0 Å². The van der Waals surface area contributed by atoms with Crippen LogP contribution in [0.4, 0.5) is 4.79 Å². The fourth-order valence-corrected chi connectivity index (χ4v) is 4.22. The van der Waals surface area contributed by atoms with E-state index in [9.17, 15) is 9.59 Å². The predicted molar refractivity (Wildman–Crippen MR) is 84.5 cm³/mol. The quantitative estimate of drug-likeness (QED) is 0.720. The number of rotatable bonds is 4. The van der Waals surface area contributed by atoms with Gasteiger partial charge in [-0.1, -0.05) is 0 Å². The molecule has 3 unspecified atom stereocenters. The third-order valence-corrected chi connectivity index (χ3v) is 5.21. The van der Waals surface area contributed by atoms with Crippen LogP contribution in [0.5, 0.6) is 0 Å². The van der Waals surface area contributed by atoms with Crippen molar-refractivity contribution < 1.29 is 9.59 Å². The van der Waals surface area contributed by atoms with Crippen LogP contribution in [0.2, 0.25) is 0 Å². The molecule has 3 amide bonds. The lowest BCUT2D eigenvalue weighted by Gasteiger charge is -2.29. The second-order valence-electron chi connectivity index (χ2n) is 7.01. The Morgan fingerprint density at radius 1 is 1.18 bits per heavy atom. The Morgan fingerprint density at radius 2 is 1.91 bits per heavy atom. The van der Waals surface area contributed by atoms with Crippen LogP contribution in [0.1, 0.15) is 45.4 Å². The molecule has 3 atom stereocenters. The molecule has 22 heavy (non-hydrogen) atoms. The molecular weight excluding hydrogens is 280 g/mol. The van der Waals surface area contributed by atoms with Gasteiger partial charge in [-0.05, 0) is 44.9 Å². The summed E-state index contributed by atoms with van der Waals surface area (Å²) in [5.74, 6) is 0.689. The minimum absolute atomic E-state index is 0.0193. The molecule has 3 fully saturated rings. The van der Waals surface area contributed by atoms with Gasteiger partial charge in [-0.2, -0.15) is 0 Å². The summed E-state index contributed by atoms with van der Waals surface area (Å²) < 4.78 is 0. The van der Waals surface area contributed by atoms with Crippen LogP contribution >= 0.6 is 0 Å². The van der Waals surface area contributed by atoms with E-state index >= 15 is 0 Å². The predicted octanol–water partition coefficient (Wildman–Crippen LogP) is 0.827. The van der Waals surface area contributed by atoms with Crippen molar-refractivity contribution in [2.75, 3.05) is 19.6 Å². The molecule has 0 aromatic rings. The van der Waals surface area contributed by atoms with Gasteiger partial charge >= 0.3 is 6.03 Å². The number of urea groups is 1. The molecule has 2 bridgehead atoms. The Labute approximate surface area is 132 Å². The maximum Gasteiger partial charge on any atom is 0.317 e. The Balaban J connectivity index is 1.40. The summed E-state index contributed by atoms with van der Waals surface area (Å²) in [5.41, 5.74) is 0. The summed E-state index contributed by atoms with van der Waals surface area (Å²) >= 11 is 0. The number of hydrogen-bond donors (Lipinski definition) is 3. The van der Waals surface area contributed by atoms with E-state index in [0.29, 0.717) is 37.5 Å². The smallest absolute Gasteiger partial charge is 0.317 e. The largest absolute Gasteiger partial charge is 0.352 e. The van der Waals surface area contributed by atoms with E-state index in [0.717, 1.165) is 25.8 Å². The number of nitrogens with one attached hydrogen (secondary N) is 3. The summed E-state index contributed by atoms with van der Waals surface area (Å²) in [6, 6.07) is 1.37. The molecule has 3 saturated heterocycles. The zero-order chi connectivity index (χ0) is 15.5. The highest BCUT2D eigenvalue weighted by Gasteiger charge is 2.34. The molecule has 6 heteroatoms. The normalized spacial score (nSPS) is 33.8. The highest BCUT2D eigenvalue weighted by Crippen LogP contribution is 2.32. The van der Waals surface area contributed by atoms with Gasteiger partial charge < -0.3 is 20.9 Å². The van der Waals surface area contributed by atoms with Crippen molar-refractivity contribution in [3.63, 3.8) is 0 Å². The van der Waals surface area contributed by atoms with Crippen LogP contribution in [-0.4, -0.2) is 54.6 Å². The first-order chi connectivity index (χ1) is 10.6. The van der Waals surface area contributed by atoms with E-state index in [1.165, 1.54) is 12.8 Å². The monoisotopic (exact) mass is 308 g/mol. The van der Waals surface area contributed by atoms with Crippen LogP contribution in [-0.2, 0) is 4.79 Å². The van der Waals surface area contributed by atoms with E-state index in [4.69, 9.17) is 0 Å². The third-order valence-electron chi connectivity index (χ3n) is 5.21. The summed E-state index contributed by atoms with van der Waals surface area (Å²) in [4.78, 5) is 25.8. The zero-order valence-electron chi connectivity index (χ0n) is 13.4. The highest BCUT2D eigenvalue weighted by molar-refractivity contribution is 5.77. The molecule has 3 aliphatic rings. The molecular formula is C16H28N4O2. The van der Waals surface area contributed by atoms with Crippen molar-refractivity contribution >= 4 is 11.9 Å². The first-order valence-corrected chi connectivity index (χ1v) is 8.72. The Hall–Kier alpha value is -1.30.